The van der Waals surface area contributed by atoms with E-state index in [2.05, 4.69) is 55.3 Å². The van der Waals surface area contributed by atoms with Gasteiger partial charge in [-0.25, -0.2) is 4.98 Å². The second-order valence-electron chi connectivity index (χ2n) is 9.51. The lowest BCUT2D eigenvalue weighted by Crippen LogP contribution is -2.48. The molecular weight excluding hydrogens is 378 g/mol. The average Bonchev–Trinajstić information content (AvgIpc) is 3.06. The molecule has 1 aromatic carbocycles. The minimum Gasteiger partial charge on any atom is -0.480 e. The number of carboxylic acids is 1. The molecule has 1 heterocycles. The molecule has 0 aliphatic carbocycles. The smallest absolute Gasteiger partial charge is 0.321 e. The number of carbonyl (C=O) groups excluding carboxylic acids is 1. The number of imidazole rings is 1. The predicted octanol–water partition coefficient (Wildman–Crippen LogP) is 3.82. The van der Waals surface area contributed by atoms with E-state index in [1.165, 1.54) is 12.5 Å². The Balaban J connectivity index is 2.14. The maximum Gasteiger partial charge on any atom is 0.321 e. The Hall–Kier alpha value is -2.47. The van der Waals surface area contributed by atoms with Crippen molar-refractivity contribution in [2.75, 3.05) is 0 Å². The number of nitrogens with one attached hydrogen (secondary N) is 1. The van der Waals surface area contributed by atoms with E-state index in [-0.39, 0.29) is 17.6 Å². The number of Topliss-reactive ketones (excluding diaryl/α,β-unsaturated/α-hetero) is 1. The van der Waals surface area contributed by atoms with Crippen LogP contribution in [0.4, 0.5) is 0 Å². The Kier molecular flexibility index (Phi) is 7.96. The lowest BCUT2D eigenvalue weighted by molar-refractivity contribution is -0.139. The summed E-state index contributed by atoms with van der Waals surface area (Å²) in [7, 11) is 0. The van der Waals surface area contributed by atoms with Crippen LogP contribution in [0.3, 0.4) is 0 Å². The molecule has 0 saturated heterocycles. The van der Waals surface area contributed by atoms with Crippen LogP contribution in [0.15, 0.2) is 36.8 Å². The summed E-state index contributed by atoms with van der Waals surface area (Å²) in [6, 6.07) is 7.16. The minimum atomic E-state index is -0.965. The minimum absolute atomic E-state index is 0.0394. The lowest BCUT2D eigenvalue weighted by Gasteiger charge is -2.23. The van der Waals surface area contributed by atoms with E-state index in [4.69, 9.17) is 0 Å². The first-order valence-electron chi connectivity index (χ1n) is 10.5. The van der Waals surface area contributed by atoms with Crippen molar-refractivity contribution < 1.29 is 14.7 Å². The largest absolute Gasteiger partial charge is 0.480 e. The molecule has 0 spiro atoms. The van der Waals surface area contributed by atoms with Crippen LogP contribution in [0.2, 0.25) is 0 Å². The molecule has 2 rings (SSSR count). The second kappa shape index (κ2) is 10.0. The maximum absolute atomic E-state index is 12.0. The van der Waals surface area contributed by atoms with Gasteiger partial charge in [0.05, 0.1) is 12.4 Å². The zero-order chi connectivity index (χ0) is 22.5. The Morgan fingerprint density at radius 3 is 2.27 bits per heavy atom. The molecule has 164 valence electrons. The number of carbonyl (C=O) groups is 2. The predicted molar refractivity (Wildman–Crippen MR) is 119 cm³/mol. The van der Waals surface area contributed by atoms with Crippen LogP contribution in [-0.2, 0) is 28.0 Å². The van der Waals surface area contributed by atoms with E-state index in [9.17, 15) is 14.7 Å². The summed E-state index contributed by atoms with van der Waals surface area (Å²) in [5.74, 6) is -0.711. The summed E-state index contributed by atoms with van der Waals surface area (Å²) in [5.41, 5.74) is 3.32. The number of hydrogen-bond donors (Lipinski definition) is 2. The van der Waals surface area contributed by atoms with Gasteiger partial charge in [-0.3, -0.25) is 14.9 Å². The van der Waals surface area contributed by atoms with Crippen LogP contribution in [0, 0.1) is 5.92 Å². The molecule has 2 aromatic rings. The van der Waals surface area contributed by atoms with E-state index < -0.39 is 18.1 Å². The van der Waals surface area contributed by atoms with Crippen molar-refractivity contribution in [1.82, 2.24) is 14.9 Å². The molecule has 2 atom stereocenters. The monoisotopic (exact) mass is 413 g/mol. The van der Waals surface area contributed by atoms with Crippen molar-refractivity contribution in [2.24, 2.45) is 5.92 Å². The summed E-state index contributed by atoms with van der Waals surface area (Å²) in [5, 5.41) is 12.8. The fraction of sp³-hybridized carbons (Fsp3) is 0.542. The van der Waals surface area contributed by atoms with E-state index in [1.54, 1.807) is 12.5 Å². The molecule has 0 amide bonds. The topological polar surface area (TPSA) is 84.2 Å². The van der Waals surface area contributed by atoms with Crippen molar-refractivity contribution in [2.45, 2.75) is 78.4 Å². The molecule has 6 nitrogen and oxygen atoms in total. The van der Waals surface area contributed by atoms with Gasteiger partial charge >= 0.3 is 5.97 Å². The lowest BCUT2D eigenvalue weighted by atomic mass is 9.87. The van der Waals surface area contributed by atoms with Gasteiger partial charge in [-0.05, 0) is 35.8 Å². The third-order valence-electron chi connectivity index (χ3n) is 5.28. The average molecular weight is 414 g/mol. The van der Waals surface area contributed by atoms with Gasteiger partial charge in [0.1, 0.15) is 11.8 Å². The van der Waals surface area contributed by atoms with Crippen LogP contribution in [0.5, 0.6) is 0 Å². The summed E-state index contributed by atoms with van der Waals surface area (Å²) >= 11 is 0. The molecule has 1 aromatic heterocycles. The van der Waals surface area contributed by atoms with Gasteiger partial charge in [-0.2, -0.15) is 0 Å². The third kappa shape index (κ3) is 6.80. The van der Waals surface area contributed by atoms with E-state index in [1.807, 2.05) is 18.4 Å². The Labute approximate surface area is 179 Å². The fourth-order valence-electron chi connectivity index (χ4n) is 3.46. The number of nitrogens with zero attached hydrogens (tertiary/aromatic N) is 2. The number of aromatic nitrogens is 2. The van der Waals surface area contributed by atoms with Gasteiger partial charge in [0.15, 0.2) is 0 Å². The van der Waals surface area contributed by atoms with Crippen LogP contribution in [0.25, 0.3) is 0 Å². The standard InChI is InChI=1S/C24H35N3O3/c1-16(2)11-21(17(3)28)26-22(23(29)30)12-20-13-25-15-27(20)14-18-7-9-19(10-8-18)24(4,5)6/h7-10,13,15-16,21-22,26H,11-12,14H2,1-6H3,(H,29,30). The number of rotatable bonds is 10. The number of carboxylic acid groups (broad SMARTS) is 1. The highest BCUT2D eigenvalue weighted by Crippen LogP contribution is 2.22. The number of ketones is 1. The maximum atomic E-state index is 12.0. The highest BCUT2D eigenvalue weighted by atomic mass is 16.4. The molecule has 0 fully saturated rings. The first-order chi connectivity index (χ1) is 14.0. The van der Waals surface area contributed by atoms with Crippen LogP contribution < -0.4 is 5.32 Å². The van der Waals surface area contributed by atoms with Crippen LogP contribution >= 0.6 is 0 Å². The summed E-state index contributed by atoms with van der Waals surface area (Å²) in [6.45, 7) is 12.7. The third-order valence-corrected chi connectivity index (χ3v) is 5.28. The van der Waals surface area contributed by atoms with Crippen molar-refractivity contribution in [3.63, 3.8) is 0 Å². The highest BCUT2D eigenvalue weighted by Gasteiger charge is 2.26. The second-order valence-corrected chi connectivity index (χ2v) is 9.51. The van der Waals surface area contributed by atoms with E-state index >= 15 is 0 Å². The Morgan fingerprint density at radius 1 is 1.13 bits per heavy atom. The molecule has 0 bridgehead atoms. The SMILES string of the molecule is CC(=O)C(CC(C)C)NC(Cc1cncn1Cc1ccc(C(C)(C)C)cc1)C(=O)O. The zero-order valence-electron chi connectivity index (χ0n) is 19.0. The first kappa shape index (κ1) is 23.8. The number of benzene rings is 1. The molecule has 0 aliphatic heterocycles. The zero-order valence-corrected chi connectivity index (χ0v) is 19.0. The first-order valence-corrected chi connectivity index (χ1v) is 10.5. The molecule has 2 unspecified atom stereocenters. The van der Waals surface area contributed by atoms with Crippen molar-refractivity contribution in [3.8, 4) is 0 Å². The number of hydrogen-bond acceptors (Lipinski definition) is 4. The Bertz CT molecular complexity index is 847. The molecule has 0 saturated carbocycles. The van der Waals surface area contributed by atoms with Gasteiger partial charge in [0.25, 0.3) is 0 Å². The van der Waals surface area contributed by atoms with E-state index in [0.29, 0.717) is 18.9 Å². The number of aliphatic carboxylic acids is 1. The fourth-order valence-corrected chi connectivity index (χ4v) is 3.46. The Morgan fingerprint density at radius 2 is 1.77 bits per heavy atom. The highest BCUT2D eigenvalue weighted by molar-refractivity contribution is 5.83. The van der Waals surface area contributed by atoms with Gasteiger partial charge in [0.2, 0.25) is 0 Å². The summed E-state index contributed by atoms with van der Waals surface area (Å²) < 4.78 is 1.97. The molecule has 0 radical (unpaired) electrons. The van der Waals surface area contributed by atoms with Crippen molar-refractivity contribution in [1.29, 1.82) is 0 Å². The van der Waals surface area contributed by atoms with Gasteiger partial charge < -0.3 is 9.67 Å². The molecule has 0 aliphatic rings. The molecule has 2 N–H and O–H groups in total. The molecule has 6 heteroatoms. The van der Waals surface area contributed by atoms with Gasteiger partial charge in [0, 0.05) is 24.9 Å². The molecular formula is C24H35N3O3. The van der Waals surface area contributed by atoms with E-state index in [0.717, 1.165) is 11.3 Å². The molecule has 30 heavy (non-hydrogen) atoms. The van der Waals surface area contributed by atoms with Crippen LogP contribution in [0.1, 0.15) is 64.8 Å². The van der Waals surface area contributed by atoms with Crippen molar-refractivity contribution >= 4 is 11.8 Å². The van der Waals surface area contributed by atoms with Crippen molar-refractivity contribution in [3.05, 3.63) is 53.6 Å². The van der Waals surface area contributed by atoms with Gasteiger partial charge in [-0.15, -0.1) is 0 Å². The normalized spacial score (nSPS) is 14.0. The van der Waals surface area contributed by atoms with Crippen LogP contribution in [-0.4, -0.2) is 38.5 Å². The summed E-state index contributed by atoms with van der Waals surface area (Å²) in [6.07, 6.45) is 4.30. The quantitative estimate of drug-likeness (QED) is 0.619. The summed E-state index contributed by atoms with van der Waals surface area (Å²) in [4.78, 5) is 28.1. The van der Waals surface area contributed by atoms with Gasteiger partial charge in [-0.1, -0.05) is 58.9 Å².